The summed E-state index contributed by atoms with van der Waals surface area (Å²) < 4.78 is 40.3. The Labute approximate surface area is 110 Å². The molecule has 0 heterocycles. The van der Waals surface area contributed by atoms with Crippen LogP contribution in [0.4, 0.5) is 13.2 Å². The Hall–Kier alpha value is -0.510. The van der Waals surface area contributed by atoms with Gasteiger partial charge in [0.25, 0.3) is 0 Å². The van der Waals surface area contributed by atoms with Gasteiger partial charge in [-0.25, -0.2) is 0 Å². The molecule has 4 rings (SSSR count). The zero-order valence-electron chi connectivity index (χ0n) is 10.8. The van der Waals surface area contributed by atoms with Crippen molar-refractivity contribution in [1.29, 1.82) is 0 Å². The summed E-state index contributed by atoms with van der Waals surface area (Å²) in [6, 6.07) is 0. The summed E-state index contributed by atoms with van der Waals surface area (Å²) in [5.41, 5.74) is -3.39. The molecule has 4 aliphatic rings. The maximum absolute atomic E-state index is 13.4. The van der Waals surface area contributed by atoms with Crippen LogP contribution < -0.4 is 0 Å². The number of fused-ring (bicyclic) bond motifs is 4. The van der Waals surface area contributed by atoms with Crippen LogP contribution in [0.25, 0.3) is 0 Å². The zero-order chi connectivity index (χ0) is 13.5. The van der Waals surface area contributed by atoms with Crippen molar-refractivity contribution in [3.05, 3.63) is 12.2 Å². The summed E-state index contributed by atoms with van der Waals surface area (Å²) >= 11 is 0. The van der Waals surface area contributed by atoms with E-state index in [1.54, 1.807) is 6.08 Å². The highest BCUT2D eigenvalue weighted by atomic mass is 19.4. The van der Waals surface area contributed by atoms with E-state index in [1.165, 1.54) is 12.5 Å². The molecule has 1 nitrogen and oxygen atoms in total. The number of halogens is 3. The third-order valence-electron chi connectivity index (χ3n) is 6.35. The maximum Gasteiger partial charge on any atom is 0.401 e. The molecule has 4 aliphatic carbocycles. The standard InChI is InChI=1S/C15H19F3O/c16-15(17,18)13-8-7-11-9-5-3-1-2-4-6-10(9)12(13)14(11,13)19/h7-12,19H,1-6H2/t9-,10+,11?,12?,13?,14-/m1/s1. The van der Waals surface area contributed by atoms with Crippen molar-refractivity contribution in [1.82, 2.24) is 0 Å². The van der Waals surface area contributed by atoms with Crippen LogP contribution in [0.2, 0.25) is 0 Å². The molecule has 1 N–H and O–H groups in total. The molecule has 0 saturated heterocycles. The summed E-state index contributed by atoms with van der Waals surface area (Å²) in [4.78, 5) is 0. The molecule has 3 unspecified atom stereocenters. The third kappa shape index (κ3) is 1.15. The minimum absolute atomic E-state index is 0.0759. The molecule has 106 valence electrons. The number of aliphatic hydroxyl groups is 1. The van der Waals surface area contributed by atoms with Crippen LogP contribution in [0.5, 0.6) is 0 Å². The normalized spacial score (nSPS) is 55.4. The first-order chi connectivity index (χ1) is 8.94. The SMILES string of the molecule is O[C@@]12C3C=CC1(C(F)(F)F)C2[C@H]1CCCCCC[C@@H]31. The van der Waals surface area contributed by atoms with Gasteiger partial charge in [0.2, 0.25) is 0 Å². The fraction of sp³-hybridized carbons (Fsp3) is 0.867. The van der Waals surface area contributed by atoms with E-state index in [4.69, 9.17) is 0 Å². The van der Waals surface area contributed by atoms with Crippen molar-refractivity contribution in [2.75, 3.05) is 0 Å². The molecule has 0 spiro atoms. The summed E-state index contributed by atoms with van der Waals surface area (Å²) in [7, 11) is 0. The van der Waals surface area contributed by atoms with E-state index in [0.29, 0.717) is 0 Å². The number of alkyl halides is 3. The van der Waals surface area contributed by atoms with E-state index >= 15 is 0 Å². The van der Waals surface area contributed by atoms with Crippen molar-refractivity contribution >= 4 is 0 Å². The van der Waals surface area contributed by atoms with Crippen LogP contribution in [0, 0.1) is 29.1 Å². The van der Waals surface area contributed by atoms with Gasteiger partial charge in [-0.05, 0) is 24.7 Å². The monoisotopic (exact) mass is 272 g/mol. The Morgan fingerprint density at radius 1 is 1.00 bits per heavy atom. The van der Waals surface area contributed by atoms with E-state index in [1.807, 2.05) is 0 Å². The molecule has 4 heteroatoms. The van der Waals surface area contributed by atoms with E-state index in [-0.39, 0.29) is 17.8 Å². The number of rotatable bonds is 0. The predicted octanol–water partition coefficient (Wildman–Crippen LogP) is 3.68. The lowest BCUT2D eigenvalue weighted by Crippen LogP contribution is -2.37. The zero-order valence-corrected chi connectivity index (χ0v) is 10.8. The molecule has 3 saturated carbocycles. The van der Waals surface area contributed by atoms with Gasteiger partial charge in [0.05, 0.1) is 5.60 Å². The van der Waals surface area contributed by atoms with Gasteiger partial charge >= 0.3 is 6.18 Å². The summed E-state index contributed by atoms with van der Waals surface area (Å²) in [6.45, 7) is 0. The highest BCUT2D eigenvalue weighted by Gasteiger charge is 2.94. The molecular weight excluding hydrogens is 253 g/mol. The van der Waals surface area contributed by atoms with Crippen LogP contribution in [-0.2, 0) is 0 Å². The van der Waals surface area contributed by atoms with Crippen LogP contribution in [0.15, 0.2) is 12.2 Å². The lowest BCUT2D eigenvalue weighted by Gasteiger charge is -2.32. The van der Waals surface area contributed by atoms with Crippen molar-refractivity contribution in [2.24, 2.45) is 29.1 Å². The molecule has 0 aromatic carbocycles. The van der Waals surface area contributed by atoms with Gasteiger partial charge in [-0.3, -0.25) is 0 Å². The quantitative estimate of drug-likeness (QED) is 0.667. The first kappa shape index (κ1) is 12.2. The van der Waals surface area contributed by atoms with E-state index in [9.17, 15) is 18.3 Å². The molecule has 0 amide bonds. The first-order valence-electron chi connectivity index (χ1n) is 7.43. The van der Waals surface area contributed by atoms with Crippen molar-refractivity contribution in [3.8, 4) is 0 Å². The summed E-state index contributed by atoms with van der Waals surface area (Å²) in [5, 5.41) is 10.7. The first-order valence-corrected chi connectivity index (χ1v) is 7.43. The van der Waals surface area contributed by atoms with Gasteiger partial charge in [-0.2, -0.15) is 13.2 Å². The summed E-state index contributed by atoms with van der Waals surface area (Å²) in [5.74, 6) is -0.447. The van der Waals surface area contributed by atoms with Crippen LogP contribution >= 0.6 is 0 Å². The highest BCUT2D eigenvalue weighted by Crippen LogP contribution is 2.84. The summed E-state index contributed by atoms with van der Waals surface area (Å²) in [6.07, 6.45) is 4.98. The van der Waals surface area contributed by atoms with Crippen LogP contribution in [0.1, 0.15) is 38.5 Å². The second-order valence-electron chi connectivity index (χ2n) is 6.87. The van der Waals surface area contributed by atoms with Crippen molar-refractivity contribution in [3.63, 3.8) is 0 Å². The third-order valence-corrected chi connectivity index (χ3v) is 6.35. The number of hydrogen-bond acceptors (Lipinski definition) is 1. The smallest absolute Gasteiger partial charge is 0.388 e. The average Bonchev–Trinajstić information content (AvgIpc) is 2.64. The lowest BCUT2D eigenvalue weighted by atomic mass is 9.74. The maximum atomic E-state index is 13.4. The van der Waals surface area contributed by atoms with Crippen LogP contribution in [-0.4, -0.2) is 16.9 Å². The molecule has 19 heavy (non-hydrogen) atoms. The van der Waals surface area contributed by atoms with Gasteiger partial charge in [0.1, 0.15) is 5.41 Å². The second kappa shape index (κ2) is 3.38. The highest BCUT2D eigenvalue weighted by molar-refractivity contribution is 5.47. The Morgan fingerprint density at radius 2 is 1.63 bits per heavy atom. The molecule has 0 bridgehead atoms. The lowest BCUT2D eigenvalue weighted by molar-refractivity contribution is -0.198. The van der Waals surface area contributed by atoms with Gasteiger partial charge < -0.3 is 5.11 Å². The molecule has 0 radical (unpaired) electrons. The minimum Gasteiger partial charge on any atom is -0.388 e. The largest absolute Gasteiger partial charge is 0.401 e. The van der Waals surface area contributed by atoms with Gasteiger partial charge in [0.15, 0.2) is 0 Å². The van der Waals surface area contributed by atoms with Gasteiger partial charge in [0, 0.05) is 11.8 Å². The van der Waals surface area contributed by atoms with Gasteiger partial charge in [-0.1, -0.05) is 37.8 Å². The van der Waals surface area contributed by atoms with Crippen molar-refractivity contribution in [2.45, 2.75) is 50.3 Å². The van der Waals surface area contributed by atoms with E-state index in [2.05, 4.69) is 0 Å². The molecular formula is C15H19F3O. The molecule has 0 aromatic heterocycles. The Balaban J connectivity index is 1.73. The minimum atomic E-state index is -4.30. The molecule has 0 aliphatic heterocycles. The fourth-order valence-electron chi connectivity index (χ4n) is 5.69. The molecule has 6 atom stereocenters. The Morgan fingerprint density at radius 3 is 2.26 bits per heavy atom. The molecule has 3 fully saturated rings. The van der Waals surface area contributed by atoms with Crippen molar-refractivity contribution < 1.29 is 18.3 Å². The predicted molar refractivity (Wildman–Crippen MR) is 64.2 cm³/mol. The van der Waals surface area contributed by atoms with E-state index < -0.39 is 23.1 Å². The average molecular weight is 272 g/mol. The molecule has 0 aromatic rings. The van der Waals surface area contributed by atoms with Gasteiger partial charge in [-0.15, -0.1) is 0 Å². The Bertz CT molecular complexity index is 443. The topological polar surface area (TPSA) is 20.2 Å². The van der Waals surface area contributed by atoms with Crippen LogP contribution in [0.3, 0.4) is 0 Å². The van der Waals surface area contributed by atoms with E-state index in [0.717, 1.165) is 32.1 Å². The number of hydrogen-bond donors (Lipinski definition) is 1. The Kier molecular flexibility index (Phi) is 2.18. The second-order valence-corrected chi connectivity index (χ2v) is 6.87. The fourth-order valence-corrected chi connectivity index (χ4v) is 5.69.